The summed E-state index contributed by atoms with van der Waals surface area (Å²) in [7, 11) is 0. The molecule has 3 rings (SSSR count). The molecule has 3 nitrogen and oxygen atoms in total. The van der Waals surface area contributed by atoms with Gasteiger partial charge in [0.15, 0.2) is 17.3 Å². The van der Waals surface area contributed by atoms with E-state index < -0.39 is 17.5 Å². The lowest BCUT2D eigenvalue weighted by atomic mass is 10.1. The maximum absolute atomic E-state index is 13.8. The lowest BCUT2D eigenvalue weighted by Crippen LogP contribution is -1.97. The average molecular weight is 332 g/mol. The number of hydrogen-bond acceptors (Lipinski definition) is 2. The molecule has 3 aromatic rings. The van der Waals surface area contributed by atoms with E-state index >= 15 is 0 Å². The Balaban J connectivity index is 2.34. The molecule has 0 unspecified atom stereocenters. The van der Waals surface area contributed by atoms with Crippen molar-refractivity contribution in [1.29, 1.82) is 0 Å². The van der Waals surface area contributed by atoms with Crippen LogP contribution in [0.4, 0.5) is 19.0 Å². The summed E-state index contributed by atoms with van der Waals surface area (Å²) in [5.74, 6) is -3.46. The lowest BCUT2D eigenvalue weighted by molar-refractivity contribution is 0.496. The lowest BCUT2D eigenvalue weighted by Gasteiger charge is -2.03. The summed E-state index contributed by atoms with van der Waals surface area (Å²) in [6.45, 7) is 0. The Kier molecular flexibility index (Phi) is 3.22. The number of nitrogens with zero attached hydrogens (tertiary/aromatic N) is 2. The Bertz CT molecular complexity index is 877. The van der Waals surface area contributed by atoms with E-state index in [1.807, 2.05) is 0 Å². The van der Waals surface area contributed by atoms with Gasteiger partial charge in [0.1, 0.15) is 17.3 Å². The van der Waals surface area contributed by atoms with Crippen molar-refractivity contribution in [3.63, 3.8) is 0 Å². The fraction of sp³-hybridized carbons (Fsp3) is 0. The minimum Gasteiger partial charge on any atom is -0.383 e. The van der Waals surface area contributed by atoms with Gasteiger partial charge in [0.2, 0.25) is 0 Å². The second-order valence-electron chi connectivity index (χ2n) is 4.29. The Morgan fingerprint density at radius 1 is 1.00 bits per heavy atom. The van der Waals surface area contributed by atoms with Crippen LogP contribution in [0.5, 0.6) is 0 Å². The standard InChI is InChI=1S/C13H6Cl2F3N3/c14-5-1-7(15)13-20-11(12(19)21(13)4-5)6-2-9(17)10(18)3-8(6)16/h1-4H,19H2. The van der Waals surface area contributed by atoms with E-state index in [0.29, 0.717) is 17.2 Å². The molecule has 0 aliphatic rings. The number of anilines is 1. The van der Waals surface area contributed by atoms with Gasteiger partial charge in [-0.15, -0.1) is 0 Å². The summed E-state index contributed by atoms with van der Waals surface area (Å²) in [4.78, 5) is 4.07. The fourth-order valence-corrected chi connectivity index (χ4v) is 2.51. The maximum Gasteiger partial charge on any atom is 0.161 e. The zero-order chi connectivity index (χ0) is 15.3. The molecule has 0 aliphatic carbocycles. The van der Waals surface area contributed by atoms with Gasteiger partial charge < -0.3 is 5.73 Å². The summed E-state index contributed by atoms with van der Waals surface area (Å²) >= 11 is 11.8. The van der Waals surface area contributed by atoms with Crippen molar-refractivity contribution in [2.45, 2.75) is 0 Å². The fourth-order valence-electron chi connectivity index (χ4n) is 1.99. The minimum absolute atomic E-state index is 0.0132. The van der Waals surface area contributed by atoms with Crippen LogP contribution < -0.4 is 5.73 Å². The summed E-state index contributed by atoms with van der Waals surface area (Å²) in [5, 5.41) is 0.498. The van der Waals surface area contributed by atoms with Crippen LogP contribution >= 0.6 is 23.2 Å². The van der Waals surface area contributed by atoms with Crippen molar-refractivity contribution in [3.05, 3.63) is 51.9 Å². The molecule has 21 heavy (non-hydrogen) atoms. The van der Waals surface area contributed by atoms with Gasteiger partial charge in [-0.3, -0.25) is 4.40 Å². The van der Waals surface area contributed by atoms with E-state index in [1.165, 1.54) is 16.7 Å². The summed E-state index contributed by atoms with van der Waals surface area (Å²) in [6, 6.07) is 2.57. The predicted octanol–water partition coefficient (Wildman–Crippen LogP) is 4.31. The Morgan fingerprint density at radius 3 is 2.38 bits per heavy atom. The number of nitrogen functional groups attached to an aromatic ring is 1. The molecule has 0 saturated heterocycles. The van der Waals surface area contributed by atoms with Crippen LogP contribution in [0.15, 0.2) is 24.4 Å². The third kappa shape index (κ3) is 2.20. The topological polar surface area (TPSA) is 43.3 Å². The number of hydrogen-bond donors (Lipinski definition) is 1. The second-order valence-corrected chi connectivity index (χ2v) is 5.14. The largest absolute Gasteiger partial charge is 0.383 e. The summed E-state index contributed by atoms with van der Waals surface area (Å²) < 4.78 is 41.5. The van der Waals surface area contributed by atoms with Crippen molar-refractivity contribution in [3.8, 4) is 11.3 Å². The molecule has 0 spiro atoms. The summed E-state index contributed by atoms with van der Waals surface area (Å²) in [6.07, 6.45) is 1.44. The average Bonchev–Trinajstić information content (AvgIpc) is 2.72. The Labute approximate surface area is 126 Å². The van der Waals surface area contributed by atoms with Gasteiger partial charge in [-0.25, -0.2) is 18.2 Å². The highest BCUT2D eigenvalue weighted by molar-refractivity contribution is 6.36. The molecule has 0 bridgehead atoms. The zero-order valence-electron chi connectivity index (χ0n) is 10.2. The molecular formula is C13H6Cl2F3N3. The number of aromatic nitrogens is 2. The first kappa shape index (κ1) is 14.0. The van der Waals surface area contributed by atoms with Crippen LogP contribution in [0.25, 0.3) is 16.9 Å². The van der Waals surface area contributed by atoms with Crippen LogP contribution in [0, 0.1) is 17.5 Å². The molecule has 2 aromatic heterocycles. The molecule has 108 valence electrons. The van der Waals surface area contributed by atoms with Gasteiger partial charge in [0.25, 0.3) is 0 Å². The first-order valence-corrected chi connectivity index (χ1v) is 6.41. The van der Waals surface area contributed by atoms with E-state index in [0.717, 1.165) is 0 Å². The van der Waals surface area contributed by atoms with Crippen LogP contribution in [0.2, 0.25) is 10.0 Å². The van der Waals surface area contributed by atoms with Gasteiger partial charge in [0, 0.05) is 17.8 Å². The van der Waals surface area contributed by atoms with Crippen molar-refractivity contribution < 1.29 is 13.2 Å². The number of fused-ring (bicyclic) bond motifs is 1. The molecule has 0 atom stereocenters. The second kappa shape index (κ2) is 4.82. The van der Waals surface area contributed by atoms with E-state index in [2.05, 4.69) is 4.98 Å². The normalized spacial score (nSPS) is 11.3. The zero-order valence-corrected chi connectivity index (χ0v) is 11.7. The third-order valence-electron chi connectivity index (χ3n) is 2.94. The van der Waals surface area contributed by atoms with Crippen molar-refractivity contribution in [2.75, 3.05) is 5.73 Å². The smallest absolute Gasteiger partial charge is 0.161 e. The van der Waals surface area contributed by atoms with E-state index in [1.54, 1.807) is 0 Å². The molecule has 0 aliphatic heterocycles. The molecule has 0 amide bonds. The van der Waals surface area contributed by atoms with Gasteiger partial charge >= 0.3 is 0 Å². The predicted molar refractivity (Wildman–Crippen MR) is 74.9 cm³/mol. The van der Waals surface area contributed by atoms with Crippen LogP contribution in [-0.2, 0) is 0 Å². The Morgan fingerprint density at radius 2 is 1.67 bits per heavy atom. The monoisotopic (exact) mass is 331 g/mol. The number of nitrogens with two attached hydrogens (primary N) is 1. The van der Waals surface area contributed by atoms with E-state index in [-0.39, 0.29) is 27.7 Å². The van der Waals surface area contributed by atoms with Crippen LogP contribution in [-0.4, -0.2) is 9.38 Å². The molecule has 2 heterocycles. The highest BCUT2D eigenvalue weighted by Crippen LogP contribution is 2.33. The van der Waals surface area contributed by atoms with E-state index in [4.69, 9.17) is 28.9 Å². The van der Waals surface area contributed by atoms with Gasteiger partial charge in [-0.2, -0.15) is 0 Å². The van der Waals surface area contributed by atoms with Gasteiger partial charge in [-0.05, 0) is 12.1 Å². The van der Waals surface area contributed by atoms with Gasteiger partial charge in [0.05, 0.1) is 10.0 Å². The molecule has 0 fully saturated rings. The number of halogens is 5. The SMILES string of the molecule is Nc1c(-c2cc(F)c(F)cc2F)nc2c(Cl)cc(Cl)cn12. The first-order chi connectivity index (χ1) is 9.88. The first-order valence-electron chi connectivity index (χ1n) is 5.66. The highest BCUT2D eigenvalue weighted by Gasteiger charge is 2.19. The molecule has 8 heteroatoms. The molecule has 1 aromatic carbocycles. The van der Waals surface area contributed by atoms with Gasteiger partial charge in [-0.1, -0.05) is 23.2 Å². The summed E-state index contributed by atoms with van der Waals surface area (Å²) in [5.41, 5.74) is 5.79. The number of rotatable bonds is 1. The number of benzene rings is 1. The van der Waals surface area contributed by atoms with E-state index in [9.17, 15) is 13.2 Å². The highest BCUT2D eigenvalue weighted by atomic mass is 35.5. The van der Waals surface area contributed by atoms with Crippen LogP contribution in [0.3, 0.4) is 0 Å². The molecule has 0 saturated carbocycles. The van der Waals surface area contributed by atoms with Crippen LogP contribution in [0.1, 0.15) is 0 Å². The number of imidazole rings is 1. The molecule has 0 radical (unpaired) electrons. The minimum atomic E-state index is -1.29. The van der Waals surface area contributed by atoms with Crippen molar-refractivity contribution in [1.82, 2.24) is 9.38 Å². The maximum atomic E-state index is 13.8. The molecule has 2 N–H and O–H groups in total. The number of pyridine rings is 1. The van der Waals surface area contributed by atoms with Crippen molar-refractivity contribution >= 4 is 34.7 Å². The quantitative estimate of drug-likeness (QED) is 0.675. The molecular weight excluding hydrogens is 326 g/mol. The van der Waals surface area contributed by atoms with Crippen molar-refractivity contribution in [2.24, 2.45) is 0 Å². The third-order valence-corrected chi connectivity index (χ3v) is 3.43. The Hall–Kier alpha value is -1.92.